The fourth-order valence-corrected chi connectivity index (χ4v) is 7.15. The highest BCUT2D eigenvalue weighted by Gasteiger charge is 2.44. The molecule has 3 aliphatic heterocycles. The van der Waals surface area contributed by atoms with Crippen molar-refractivity contribution in [2.24, 2.45) is 11.3 Å². The van der Waals surface area contributed by atoms with Crippen molar-refractivity contribution in [1.29, 1.82) is 0 Å². The molecule has 0 radical (unpaired) electrons. The predicted molar refractivity (Wildman–Crippen MR) is 156 cm³/mol. The van der Waals surface area contributed by atoms with E-state index >= 15 is 0 Å². The number of likely N-dealkylation sites (tertiary alicyclic amines) is 1. The summed E-state index contributed by atoms with van der Waals surface area (Å²) < 4.78 is 7.38. The number of rotatable bonds is 5. The predicted octanol–water partition coefficient (Wildman–Crippen LogP) is 5.16. The Hall–Kier alpha value is -3.16. The summed E-state index contributed by atoms with van der Waals surface area (Å²) in [5.74, 6) is 0.822. The Morgan fingerprint density at radius 3 is 2.72 bits per heavy atom. The number of nitrogens with zero attached hydrogens (tertiary/aromatic N) is 4. The van der Waals surface area contributed by atoms with Gasteiger partial charge < -0.3 is 19.2 Å². The van der Waals surface area contributed by atoms with E-state index in [1.165, 1.54) is 23.9 Å². The molecule has 1 unspecified atom stereocenters. The van der Waals surface area contributed by atoms with Gasteiger partial charge in [0.2, 0.25) is 0 Å². The van der Waals surface area contributed by atoms with Gasteiger partial charge in [0, 0.05) is 73.3 Å². The van der Waals surface area contributed by atoms with Crippen LogP contribution in [-0.4, -0.2) is 58.3 Å². The zero-order valence-electron chi connectivity index (χ0n) is 23.2. The van der Waals surface area contributed by atoms with E-state index in [1.807, 2.05) is 17.0 Å². The largest absolute Gasteiger partial charge is 0.381 e. The summed E-state index contributed by atoms with van der Waals surface area (Å²) in [5, 5.41) is 2.92. The SMILES string of the molecule is CC1C[C@H](C)CCN1Cc1cc2ccc(Cn3ccc4c(N5CC6(CCOCC6)C5)cncc4c3=O)cc2[nH]1. The summed E-state index contributed by atoms with van der Waals surface area (Å²) in [7, 11) is 0. The maximum Gasteiger partial charge on any atom is 0.260 e. The number of aromatic nitrogens is 3. The molecule has 7 nitrogen and oxygen atoms in total. The topological polar surface area (TPSA) is 66.4 Å². The Balaban J connectivity index is 1.10. The van der Waals surface area contributed by atoms with Crippen LogP contribution in [0, 0.1) is 11.3 Å². The van der Waals surface area contributed by atoms with Crippen LogP contribution in [0.15, 0.2) is 53.7 Å². The van der Waals surface area contributed by atoms with Gasteiger partial charge >= 0.3 is 0 Å². The molecule has 0 amide bonds. The minimum absolute atomic E-state index is 0.0174. The molecule has 0 bridgehead atoms. The Kier molecular flexibility index (Phi) is 6.24. The molecule has 3 aliphatic rings. The monoisotopic (exact) mass is 525 g/mol. The normalized spacial score (nSPS) is 23.5. The average Bonchev–Trinajstić information content (AvgIpc) is 3.32. The zero-order chi connectivity index (χ0) is 26.6. The van der Waals surface area contributed by atoms with Gasteiger partial charge in [-0.05, 0) is 74.2 Å². The van der Waals surface area contributed by atoms with Gasteiger partial charge in [0.1, 0.15) is 0 Å². The third-order valence-electron chi connectivity index (χ3n) is 9.57. The number of ether oxygens (including phenoxy) is 1. The summed E-state index contributed by atoms with van der Waals surface area (Å²) in [6.45, 7) is 11.1. The van der Waals surface area contributed by atoms with E-state index in [0.29, 0.717) is 23.4 Å². The van der Waals surface area contributed by atoms with Gasteiger partial charge in [0.15, 0.2) is 0 Å². The fourth-order valence-electron chi connectivity index (χ4n) is 7.15. The molecule has 0 aliphatic carbocycles. The molecule has 1 aromatic carbocycles. The van der Waals surface area contributed by atoms with Crippen LogP contribution in [0.25, 0.3) is 21.7 Å². The van der Waals surface area contributed by atoms with Crippen LogP contribution < -0.4 is 10.5 Å². The van der Waals surface area contributed by atoms with Crippen molar-refractivity contribution in [1.82, 2.24) is 19.4 Å². The molecule has 7 heteroatoms. The Morgan fingerprint density at radius 2 is 1.90 bits per heavy atom. The lowest BCUT2D eigenvalue weighted by Crippen LogP contribution is -2.58. The van der Waals surface area contributed by atoms with Crippen molar-refractivity contribution >= 4 is 27.4 Å². The quantitative estimate of drug-likeness (QED) is 0.390. The van der Waals surface area contributed by atoms with E-state index in [9.17, 15) is 4.79 Å². The summed E-state index contributed by atoms with van der Waals surface area (Å²) >= 11 is 0. The molecular formula is C32H39N5O2. The van der Waals surface area contributed by atoms with E-state index in [4.69, 9.17) is 4.74 Å². The number of aromatic amines is 1. The highest BCUT2D eigenvalue weighted by molar-refractivity contribution is 5.93. The maximum absolute atomic E-state index is 13.5. The minimum atomic E-state index is 0.0174. The van der Waals surface area contributed by atoms with Crippen molar-refractivity contribution in [2.45, 2.75) is 58.7 Å². The van der Waals surface area contributed by atoms with Gasteiger partial charge in [-0.25, -0.2) is 0 Å². The number of H-pyrrole nitrogens is 1. The van der Waals surface area contributed by atoms with Gasteiger partial charge in [0.05, 0.1) is 23.8 Å². The van der Waals surface area contributed by atoms with Crippen LogP contribution >= 0.6 is 0 Å². The van der Waals surface area contributed by atoms with Crippen molar-refractivity contribution in [3.63, 3.8) is 0 Å². The summed E-state index contributed by atoms with van der Waals surface area (Å²) in [6, 6.07) is 11.5. The molecule has 6 heterocycles. The van der Waals surface area contributed by atoms with Crippen LogP contribution in [-0.2, 0) is 17.8 Å². The van der Waals surface area contributed by atoms with Crippen LogP contribution in [0.3, 0.4) is 0 Å². The Morgan fingerprint density at radius 1 is 1.05 bits per heavy atom. The van der Waals surface area contributed by atoms with Crippen LogP contribution in [0.1, 0.15) is 50.8 Å². The molecule has 39 heavy (non-hydrogen) atoms. The summed E-state index contributed by atoms with van der Waals surface area (Å²) in [6.07, 6.45) is 10.4. The lowest BCUT2D eigenvalue weighted by atomic mass is 9.73. The van der Waals surface area contributed by atoms with E-state index in [2.05, 4.69) is 63.9 Å². The lowest BCUT2D eigenvalue weighted by Gasteiger charge is -2.53. The average molecular weight is 526 g/mol. The molecule has 7 rings (SSSR count). The smallest absolute Gasteiger partial charge is 0.260 e. The first-order chi connectivity index (χ1) is 19.0. The number of pyridine rings is 2. The first-order valence-corrected chi connectivity index (χ1v) is 14.6. The van der Waals surface area contributed by atoms with Crippen molar-refractivity contribution in [2.75, 3.05) is 37.7 Å². The molecule has 0 saturated carbocycles. The number of nitrogens with one attached hydrogen (secondary N) is 1. The second-order valence-electron chi connectivity index (χ2n) is 12.5. The van der Waals surface area contributed by atoms with Crippen molar-refractivity contribution in [3.8, 4) is 0 Å². The molecule has 3 saturated heterocycles. The van der Waals surface area contributed by atoms with Crippen LogP contribution in [0.2, 0.25) is 0 Å². The second-order valence-corrected chi connectivity index (χ2v) is 12.5. The third-order valence-corrected chi connectivity index (χ3v) is 9.57. The number of anilines is 1. The maximum atomic E-state index is 13.5. The lowest BCUT2D eigenvalue weighted by molar-refractivity contribution is -0.000118. The minimum Gasteiger partial charge on any atom is -0.381 e. The first kappa shape index (κ1) is 24.9. The highest BCUT2D eigenvalue weighted by Crippen LogP contribution is 2.43. The molecule has 204 valence electrons. The van der Waals surface area contributed by atoms with Crippen molar-refractivity contribution in [3.05, 3.63) is 70.5 Å². The van der Waals surface area contributed by atoms with Gasteiger partial charge in [0.25, 0.3) is 5.56 Å². The van der Waals surface area contributed by atoms with Gasteiger partial charge in [-0.15, -0.1) is 0 Å². The number of fused-ring (bicyclic) bond motifs is 2. The molecule has 2 atom stereocenters. The second kappa shape index (κ2) is 9.79. The van der Waals surface area contributed by atoms with Crippen LogP contribution in [0.5, 0.6) is 0 Å². The number of benzene rings is 1. The zero-order valence-corrected chi connectivity index (χ0v) is 23.2. The highest BCUT2D eigenvalue weighted by atomic mass is 16.5. The first-order valence-electron chi connectivity index (χ1n) is 14.6. The third kappa shape index (κ3) is 4.66. The molecule has 3 fully saturated rings. The van der Waals surface area contributed by atoms with Crippen LogP contribution in [0.4, 0.5) is 5.69 Å². The molecule has 1 spiro atoms. The summed E-state index contributed by atoms with van der Waals surface area (Å²) in [4.78, 5) is 26.6. The Labute approximate surface area is 229 Å². The summed E-state index contributed by atoms with van der Waals surface area (Å²) in [5.41, 5.74) is 4.98. The van der Waals surface area contributed by atoms with E-state index in [0.717, 1.165) is 80.3 Å². The van der Waals surface area contributed by atoms with E-state index in [-0.39, 0.29) is 5.56 Å². The number of hydrogen-bond donors (Lipinski definition) is 1. The van der Waals surface area contributed by atoms with Gasteiger partial charge in [-0.3, -0.25) is 14.7 Å². The standard InChI is InChI=1S/C32H39N5O2/c1-22-5-9-35(23(2)13-22)19-26-15-25-4-3-24(14-29(25)34-26)18-36-10-6-27-28(31(36)38)16-33-17-30(27)37-20-32(21-37)7-11-39-12-8-32/h3-4,6,10,14-17,22-23,34H,5,7-9,11-13,18-21H2,1-2H3/t22-,23?/m1/s1. The van der Waals surface area contributed by atoms with Crippen molar-refractivity contribution < 1.29 is 4.74 Å². The molecule has 4 aromatic rings. The number of piperidine rings is 1. The Bertz CT molecular complexity index is 1560. The van der Waals surface area contributed by atoms with Gasteiger partial charge in [-0.2, -0.15) is 0 Å². The molecule has 1 N–H and O–H groups in total. The number of hydrogen-bond acceptors (Lipinski definition) is 5. The molecular weight excluding hydrogens is 486 g/mol. The van der Waals surface area contributed by atoms with E-state index < -0.39 is 0 Å². The molecule has 3 aromatic heterocycles. The van der Waals surface area contributed by atoms with E-state index in [1.54, 1.807) is 6.20 Å². The van der Waals surface area contributed by atoms with Gasteiger partial charge in [-0.1, -0.05) is 19.1 Å². The fraction of sp³-hybridized carbons (Fsp3) is 0.500.